The molecule has 0 heterocycles. The van der Waals surface area contributed by atoms with Gasteiger partial charge in [-0.3, -0.25) is 0 Å². The first-order valence-electron chi connectivity index (χ1n) is 6.03. The number of halogens is 2. The van der Waals surface area contributed by atoms with Gasteiger partial charge in [0.05, 0.1) is 0 Å². The molecule has 0 aromatic heterocycles. The topological polar surface area (TPSA) is 46.2 Å². The van der Waals surface area contributed by atoms with E-state index in [0.717, 1.165) is 17.7 Å². The second-order valence-electron chi connectivity index (χ2n) is 4.47. The first-order valence-corrected chi connectivity index (χ1v) is 6.03. The van der Waals surface area contributed by atoms with Crippen LogP contribution in [0, 0.1) is 11.6 Å². The molecule has 19 heavy (non-hydrogen) atoms. The maximum absolute atomic E-state index is 13.7. The summed E-state index contributed by atoms with van der Waals surface area (Å²) in [4.78, 5) is 0. The van der Waals surface area contributed by atoms with Crippen molar-refractivity contribution in [1.82, 2.24) is 0 Å². The van der Waals surface area contributed by atoms with Crippen LogP contribution < -0.4 is 5.73 Å². The van der Waals surface area contributed by atoms with Gasteiger partial charge in [0, 0.05) is 5.92 Å². The molecule has 0 amide bonds. The highest BCUT2D eigenvalue weighted by atomic mass is 19.1. The summed E-state index contributed by atoms with van der Waals surface area (Å²) >= 11 is 0. The summed E-state index contributed by atoms with van der Waals surface area (Å²) in [5.74, 6) is -1.12. The van der Waals surface area contributed by atoms with Gasteiger partial charge in [0.25, 0.3) is 0 Å². The quantitative estimate of drug-likeness (QED) is 0.890. The summed E-state index contributed by atoms with van der Waals surface area (Å²) < 4.78 is 26.9. The highest BCUT2D eigenvalue weighted by Gasteiger charge is 2.16. The molecule has 4 heteroatoms. The number of benzene rings is 2. The number of nitrogens with two attached hydrogens (primary N) is 1. The third kappa shape index (κ3) is 3.29. The lowest BCUT2D eigenvalue weighted by Gasteiger charge is -2.16. The molecule has 0 bridgehead atoms. The Kier molecular flexibility index (Phi) is 4.12. The Balaban J connectivity index is 2.27. The van der Waals surface area contributed by atoms with Gasteiger partial charge < -0.3 is 10.8 Å². The van der Waals surface area contributed by atoms with E-state index in [-0.39, 0.29) is 23.8 Å². The van der Waals surface area contributed by atoms with E-state index in [1.807, 2.05) is 6.07 Å². The molecule has 2 aromatic rings. The molecule has 1 atom stereocenters. The van der Waals surface area contributed by atoms with Crippen molar-refractivity contribution in [3.8, 4) is 5.75 Å². The van der Waals surface area contributed by atoms with Crippen LogP contribution in [0.5, 0.6) is 5.75 Å². The maximum Gasteiger partial charge on any atom is 0.126 e. The van der Waals surface area contributed by atoms with E-state index in [4.69, 9.17) is 5.73 Å². The van der Waals surface area contributed by atoms with E-state index in [1.54, 1.807) is 18.2 Å². The van der Waals surface area contributed by atoms with Gasteiger partial charge in [-0.25, -0.2) is 8.78 Å². The Morgan fingerprint density at radius 2 is 1.89 bits per heavy atom. The molecule has 2 aromatic carbocycles. The largest absolute Gasteiger partial charge is 0.508 e. The van der Waals surface area contributed by atoms with E-state index in [1.165, 1.54) is 6.07 Å². The Morgan fingerprint density at radius 3 is 2.58 bits per heavy atom. The molecule has 0 aliphatic carbocycles. The molecular formula is C15H15F2NO. The molecule has 0 aliphatic rings. The van der Waals surface area contributed by atoms with Crippen LogP contribution in [-0.2, 0) is 6.42 Å². The van der Waals surface area contributed by atoms with E-state index in [0.29, 0.717) is 6.42 Å². The monoisotopic (exact) mass is 263 g/mol. The number of aromatic hydroxyl groups is 1. The lowest BCUT2D eigenvalue weighted by molar-refractivity contribution is 0.474. The average Bonchev–Trinajstić information content (AvgIpc) is 2.39. The van der Waals surface area contributed by atoms with Gasteiger partial charge in [0.2, 0.25) is 0 Å². The van der Waals surface area contributed by atoms with E-state index in [9.17, 15) is 13.9 Å². The predicted molar refractivity (Wildman–Crippen MR) is 70.0 cm³/mol. The van der Waals surface area contributed by atoms with Crippen LogP contribution in [0.4, 0.5) is 8.78 Å². The molecule has 0 fully saturated rings. The Labute approximate surface area is 110 Å². The molecule has 0 spiro atoms. The summed E-state index contributed by atoms with van der Waals surface area (Å²) in [5.41, 5.74) is 6.76. The number of rotatable bonds is 4. The van der Waals surface area contributed by atoms with Crippen molar-refractivity contribution in [1.29, 1.82) is 0 Å². The van der Waals surface area contributed by atoms with Crippen molar-refractivity contribution in [3.63, 3.8) is 0 Å². The number of phenolic OH excluding ortho intramolecular Hbond substituents is 1. The summed E-state index contributed by atoms with van der Waals surface area (Å²) in [6.45, 7) is 0.204. The third-order valence-electron chi connectivity index (χ3n) is 3.08. The smallest absolute Gasteiger partial charge is 0.126 e. The van der Waals surface area contributed by atoms with Crippen molar-refractivity contribution in [2.75, 3.05) is 6.54 Å². The van der Waals surface area contributed by atoms with Crippen LogP contribution in [0.3, 0.4) is 0 Å². The lowest BCUT2D eigenvalue weighted by atomic mass is 9.91. The highest BCUT2D eigenvalue weighted by Crippen LogP contribution is 2.24. The second-order valence-corrected chi connectivity index (χ2v) is 4.47. The summed E-state index contributed by atoms with van der Waals surface area (Å²) in [6.07, 6.45) is 0.450. The summed E-state index contributed by atoms with van der Waals surface area (Å²) in [7, 11) is 0. The average molecular weight is 263 g/mol. The van der Waals surface area contributed by atoms with Crippen molar-refractivity contribution >= 4 is 0 Å². The fraction of sp³-hybridized carbons (Fsp3) is 0.200. The molecule has 1 unspecified atom stereocenters. The standard InChI is InChI=1S/C15H15F2NO/c16-12-4-5-15(17)14(8-12)11(9-18)6-10-2-1-3-13(19)7-10/h1-5,7-8,11,19H,6,9,18H2. The third-order valence-corrected chi connectivity index (χ3v) is 3.08. The Hall–Kier alpha value is -1.94. The first kappa shape index (κ1) is 13.5. The molecule has 2 rings (SSSR count). The van der Waals surface area contributed by atoms with E-state index >= 15 is 0 Å². The van der Waals surface area contributed by atoms with Gasteiger partial charge in [0.1, 0.15) is 17.4 Å². The number of hydrogen-bond donors (Lipinski definition) is 2. The number of hydrogen-bond acceptors (Lipinski definition) is 2. The van der Waals surface area contributed by atoms with Crippen molar-refractivity contribution in [2.24, 2.45) is 5.73 Å². The predicted octanol–water partition coefficient (Wildman–Crippen LogP) is 2.96. The number of phenols is 1. The highest BCUT2D eigenvalue weighted by molar-refractivity contribution is 5.31. The van der Waals surface area contributed by atoms with Crippen LogP contribution in [0.1, 0.15) is 17.0 Å². The Morgan fingerprint density at radius 1 is 1.11 bits per heavy atom. The fourth-order valence-corrected chi connectivity index (χ4v) is 2.12. The molecule has 0 radical (unpaired) electrons. The van der Waals surface area contributed by atoms with E-state index in [2.05, 4.69) is 0 Å². The minimum atomic E-state index is -0.481. The minimum absolute atomic E-state index is 0.146. The molecule has 100 valence electrons. The molecule has 2 nitrogen and oxygen atoms in total. The zero-order valence-corrected chi connectivity index (χ0v) is 10.3. The molecule has 3 N–H and O–H groups in total. The van der Waals surface area contributed by atoms with Crippen LogP contribution in [0.2, 0.25) is 0 Å². The van der Waals surface area contributed by atoms with Crippen molar-refractivity contribution in [3.05, 3.63) is 65.2 Å². The van der Waals surface area contributed by atoms with Gasteiger partial charge in [-0.2, -0.15) is 0 Å². The lowest BCUT2D eigenvalue weighted by Crippen LogP contribution is -2.16. The maximum atomic E-state index is 13.7. The SMILES string of the molecule is NCC(Cc1cccc(O)c1)c1cc(F)ccc1F. The van der Waals surface area contributed by atoms with Gasteiger partial charge in [0.15, 0.2) is 0 Å². The Bertz CT molecular complexity index is 572. The van der Waals surface area contributed by atoms with Crippen LogP contribution >= 0.6 is 0 Å². The van der Waals surface area contributed by atoms with Crippen molar-refractivity contribution in [2.45, 2.75) is 12.3 Å². The zero-order valence-electron chi connectivity index (χ0n) is 10.3. The molecule has 0 saturated heterocycles. The summed E-state index contributed by atoms with van der Waals surface area (Å²) in [6, 6.07) is 10.1. The van der Waals surface area contributed by atoms with Crippen LogP contribution in [-0.4, -0.2) is 11.7 Å². The van der Waals surface area contributed by atoms with Gasteiger partial charge in [-0.05, 0) is 54.4 Å². The van der Waals surface area contributed by atoms with Crippen LogP contribution in [0.25, 0.3) is 0 Å². The van der Waals surface area contributed by atoms with E-state index < -0.39 is 11.6 Å². The summed E-state index contributed by atoms with van der Waals surface area (Å²) in [5, 5.41) is 9.40. The van der Waals surface area contributed by atoms with Gasteiger partial charge in [-0.15, -0.1) is 0 Å². The normalized spacial score (nSPS) is 12.4. The zero-order chi connectivity index (χ0) is 13.8. The molecule has 0 saturated carbocycles. The first-order chi connectivity index (χ1) is 9.10. The molecular weight excluding hydrogens is 248 g/mol. The van der Waals surface area contributed by atoms with Crippen LogP contribution in [0.15, 0.2) is 42.5 Å². The molecule has 0 aliphatic heterocycles. The minimum Gasteiger partial charge on any atom is -0.508 e. The fourth-order valence-electron chi connectivity index (χ4n) is 2.12. The second kappa shape index (κ2) is 5.80. The van der Waals surface area contributed by atoms with Crippen molar-refractivity contribution < 1.29 is 13.9 Å². The van der Waals surface area contributed by atoms with Gasteiger partial charge in [-0.1, -0.05) is 12.1 Å². The van der Waals surface area contributed by atoms with Gasteiger partial charge >= 0.3 is 0 Å².